The fourth-order valence-electron chi connectivity index (χ4n) is 1.76. The van der Waals surface area contributed by atoms with E-state index in [1.807, 2.05) is 6.08 Å². The van der Waals surface area contributed by atoms with Gasteiger partial charge in [0.05, 0.1) is 19.1 Å². The van der Waals surface area contributed by atoms with E-state index in [1.54, 1.807) is 0 Å². The standard InChI is InChI=1S/C14H19NO2/c1-10(2)11-5-3-4-6-13(7-11)15-14(16)12-8-17-9-12/h3,5-7,10,12H,4,8-9H2,1-2H3,(H,15,16). The Bertz CT molecular complexity index is 387. The lowest BCUT2D eigenvalue weighted by Gasteiger charge is -2.25. The molecule has 1 aliphatic carbocycles. The third kappa shape index (κ3) is 3.07. The molecule has 1 saturated heterocycles. The van der Waals surface area contributed by atoms with Gasteiger partial charge in [0.25, 0.3) is 0 Å². The molecule has 2 aliphatic rings. The molecule has 1 N–H and O–H groups in total. The highest BCUT2D eigenvalue weighted by atomic mass is 16.5. The van der Waals surface area contributed by atoms with Gasteiger partial charge >= 0.3 is 0 Å². The molecule has 1 amide bonds. The molecule has 17 heavy (non-hydrogen) atoms. The third-order valence-corrected chi connectivity index (χ3v) is 3.05. The van der Waals surface area contributed by atoms with Crippen molar-refractivity contribution in [3.8, 4) is 0 Å². The largest absolute Gasteiger partial charge is 0.380 e. The maximum atomic E-state index is 11.8. The van der Waals surface area contributed by atoms with E-state index in [9.17, 15) is 4.79 Å². The summed E-state index contributed by atoms with van der Waals surface area (Å²) < 4.78 is 5.02. The minimum Gasteiger partial charge on any atom is -0.380 e. The highest BCUT2D eigenvalue weighted by molar-refractivity contribution is 5.81. The number of rotatable bonds is 3. The molecule has 2 rings (SSSR count). The molecule has 0 aromatic rings. The van der Waals surface area contributed by atoms with Crippen LogP contribution >= 0.6 is 0 Å². The SMILES string of the molecule is CC(C)C1=CC(NC(=O)C2COC2)=CCC=C1. The minimum atomic E-state index is 0.0306. The zero-order valence-corrected chi connectivity index (χ0v) is 10.4. The number of nitrogens with one attached hydrogen (secondary N) is 1. The lowest BCUT2D eigenvalue weighted by molar-refractivity contribution is -0.137. The van der Waals surface area contributed by atoms with Crippen molar-refractivity contribution < 1.29 is 9.53 Å². The van der Waals surface area contributed by atoms with Crippen molar-refractivity contribution in [1.82, 2.24) is 5.32 Å². The highest BCUT2D eigenvalue weighted by Gasteiger charge is 2.26. The van der Waals surface area contributed by atoms with E-state index in [0.717, 1.165) is 12.1 Å². The smallest absolute Gasteiger partial charge is 0.232 e. The molecule has 1 aliphatic heterocycles. The first-order valence-corrected chi connectivity index (χ1v) is 6.13. The molecular weight excluding hydrogens is 214 g/mol. The van der Waals surface area contributed by atoms with Gasteiger partial charge in [0.2, 0.25) is 5.91 Å². The van der Waals surface area contributed by atoms with Crippen LogP contribution < -0.4 is 5.32 Å². The minimum absolute atomic E-state index is 0.0306. The molecule has 0 atom stereocenters. The number of allylic oxidation sites excluding steroid dienone is 5. The Morgan fingerprint density at radius 3 is 2.82 bits per heavy atom. The normalized spacial score (nSPS) is 20.4. The molecule has 92 valence electrons. The Balaban J connectivity index is 2.02. The average Bonchev–Trinajstić information content (AvgIpc) is 2.40. The lowest BCUT2D eigenvalue weighted by Crippen LogP contribution is -2.41. The van der Waals surface area contributed by atoms with Gasteiger partial charge in [0.1, 0.15) is 0 Å². The van der Waals surface area contributed by atoms with E-state index >= 15 is 0 Å². The predicted molar refractivity (Wildman–Crippen MR) is 67.2 cm³/mol. The van der Waals surface area contributed by atoms with Gasteiger partial charge in [-0.2, -0.15) is 0 Å². The topological polar surface area (TPSA) is 38.3 Å². The van der Waals surface area contributed by atoms with E-state index in [4.69, 9.17) is 4.74 Å². The van der Waals surface area contributed by atoms with Crippen molar-refractivity contribution in [3.63, 3.8) is 0 Å². The summed E-state index contributed by atoms with van der Waals surface area (Å²) >= 11 is 0. The molecule has 0 aromatic carbocycles. The molecule has 0 saturated carbocycles. The van der Waals surface area contributed by atoms with Crippen LogP contribution in [0.25, 0.3) is 0 Å². The molecule has 1 fully saturated rings. The highest BCUT2D eigenvalue weighted by Crippen LogP contribution is 2.18. The van der Waals surface area contributed by atoms with Crippen molar-refractivity contribution in [1.29, 1.82) is 0 Å². The molecule has 0 unspecified atom stereocenters. The van der Waals surface area contributed by atoms with E-state index in [2.05, 4.69) is 37.4 Å². The Hall–Kier alpha value is -1.35. The van der Waals surface area contributed by atoms with Crippen molar-refractivity contribution in [3.05, 3.63) is 35.6 Å². The summed E-state index contributed by atoms with van der Waals surface area (Å²) in [5.74, 6) is 0.573. The van der Waals surface area contributed by atoms with Gasteiger partial charge < -0.3 is 10.1 Å². The summed E-state index contributed by atoms with van der Waals surface area (Å²) in [5, 5.41) is 2.97. The van der Waals surface area contributed by atoms with Crippen LogP contribution in [-0.4, -0.2) is 19.1 Å². The first kappa shape index (κ1) is 12.1. The second kappa shape index (κ2) is 5.32. The molecular formula is C14H19NO2. The van der Waals surface area contributed by atoms with E-state index in [0.29, 0.717) is 19.1 Å². The van der Waals surface area contributed by atoms with Gasteiger partial charge in [-0.1, -0.05) is 32.1 Å². The molecule has 0 aromatic heterocycles. The maximum Gasteiger partial charge on any atom is 0.232 e. The van der Waals surface area contributed by atoms with Crippen LogP contribution in [0, 0.1) is 11.8 Å². The van der Waals surface area contributed by atoms with Crippen LogP contribution in [0.4, 0.5) is 0 Å². The number of amides is 1. The lowest BCUT2D eigenvalue weighted by atomic mass is 10.0. The number of hydrogen-bond donors (Lipinski definition) is 1. The quantitative estimate of drug-likeness (QED) is 0.811. The number of carbonyl (C=O) groups excluding carboxylic acids is 1. The van der Waals surface area contributed by atoms with Crippen LogP contribution in [0.3, 0.4) is 0 Å². The maximum absolute atomic E-state index is 11.8. The summed E-state index contributed by atoms with van der Waals surface area (Å²) in [6.45, 7) is 5.41. The van der Waals surface area contributed by atoms with Gasteiger partial charge in [-0.05, 0) is 24.0 Å². The molecule has 3 nitrogen and oxygen atoms in total. The van der Waals surface area contributed by atoms with Crippen LogP contribution in [0.15, 0.2) is 35.6 Å². The zero-order valence-electron chi connectivity index (χ0n) is 10.4. The van der Waals surface area contributed by atoms with Crippen molar-refractivity contribution >= 4 is 5.91 Å². The van der Waals surface area contributed by atoms with Crippen molar-refractivity contribution in [2.45, 2.75) is 20.3 Å². The van der Waals surface area contributed by atoms with Crippen LogP contribution in [0.5, 0.6) is 0 Å². The number of carbonyl (C=O) groups is 1. The van der Waals surface area contributed by atoms with E-state index in [-0.39, 0.29) is 11.8 Å². The molecule has 0 radical (unpaired) electrons. The van der Waals surface area contributed by atoms with Crippen molar-refractivity contribution in [2.24, 2.45) is 11.8 Å². The summed E-state index contributed by atoms with van der Waals surface area (Å²) in [7, 11) is 0. The van der Waals surface area contributed by atoms with Gasteiger partial charge in [0.15, 0.2) is 0 Å². The monoisotopic (exact) mass is 233 g/mol. The number of hydrogen-bond acceptors (Lipinski definition) is 2. The number of ether oxygens (including phenoxy) is 1. The van der Waals surface area contributed by atoms with Gasteiger partial charge in [-0.15, -0.1) is 0 Å². The zero-order chi connectivity index (χ0) is 12.3. The van der Waals surface area contributed by atoms with Crippen LogP contribution in [-0.2, 0) is 9.53 Å². The Labute approximate surface area is 102 Å². The predicted octanol–water partition coefficient (Wildman–Crippen LogP) is 2.18. The van der Waals surface area contributed by atoms with Crippen LogP contribution in [0.1, 0.15) is 20.3 Å². The van der Waals surface area contributed by atoms with E-state index < -0.39 is 0 Å². The second-order valence-corrected chi connectivity index (χ2v) is 4.82. The Morgan fingerprint density at radius 2 is 2.24 bits per heavy atom. The van der Waals surface area contributed by atoms with E-state index in [1.165, 1.54) is 5.57 Å². The molecule has 3 heteroatoms. The second-order valence-electron chi connectivity index (χ2n) is 4.82. The summed E-state index contributed by atoms with van der Waals surface area (Å²) in [6.07, 6.45) is 9.22. The summed E-state index contributed by atoms with van der Waals surface area (Å²) in [5.41, 5.74) is 2.16. The summed E-state index contributed by atoms with van der Waals surface area (Å²) in [6, 6.07) is 0. The fraction of sp³-hybridized carbons (Fsp3) is 0.500. The first-order valence-electron chi connectivity index (χ1n) is 6.13. The molecule has 1 heterocycles. The first-order chi connectivity index (χ1) is 8.16. The van der Waals surface area contributed by atoms with Gasteiger partial charge in [-0.25, -0.2) is 0 Å². The Kier molecular flexibility index (Phi) is 3.79. The van der Waals surface area contributed by atoms with Gasteiger partial charge in [0, 0.05) is 5.70 Å². The average molecular weight is 233 g/mol. The summed E-state index contributed by atoms with van der Waals surface area (Å²) in [4.78, 5) is 11.8. The molecule has 0 spiro atoms. The fourth-order valence-corrected chi connectivity index (χ4v) is 1.76. The van der Waals surface area contributed by atoms with Gasteiger partial charge in [-0.3, -0.25) is 4.79 Å². The van der Waals surface area contributed by atoms with Crippen molar-refractivity contribution in [2.75, 3.05) is 13.2 Å². The third-order valence-electron chi connectivity index (χ3n) is 3.05. The molecule has 0 bridgehead atoms. The van der Waals surface area contributed by atoms with Crippen LogP contribution in [0.2, 0.25) is 0 Å². The Morgan fingerprint density at radius 1 is 1.47 bits per heavy atom.